The van der Waals surface area contributed by atoms with E-state index in [1.54, 1.807) is 17.4 Å². The zero-order valence-corrected chi connectivity index (χ0v) is 12.9. The Morgan fingerprint density at radius 2 is 2.33 bits per heavy atom. The number of carbonyl (C=O) groups is 1. The number of furan rings is 1. The molecule has 0 aliphatic heterocycles. The van der Waals surface area contributed by atoms with Gasteiger partial charge in [-0.25, -0.2) is 0 Å². The Morgan fingerprint density at radius 3 is 2.95 bits per heavy atom. The van der Waals surface area contributed by atoms with E-state index in [0.29, 0.717) is 13.0 Å². The van der Waals surface area contributed by atoms with Gasteiger partial charge in [-0.2, -0.15) is 11.3 Å². The molecule has 0 aliphatic carbocycles. The average molecular weight is 305 g/mol. The first kappa shape index (κ1) is 15.5. The van der Waals surface area contributed by atoms with Crippen molar-refractivity contribution in [3.8, 4) is 0 Å². The number of aryl methyl sites for hydroxylation is 2. The summed E-state index contributed by atoms with van der Waals surface area (Å²) in [5, 5.41) is 16.8. The number of hydrogen-bond donors (Lipinski definition) is 2. The fourth-order valence-corrected chi connectivity index (χ4v) is 2.70. The zero-order chi connectivity index (χ0) is 15.2. The first-order valence-electron chi connectivity index (χ1n) is 6.79. The summed E-state index contributed by atoms with van der Waals surface area (Å²) in [4.78, 5) is 11.6. The summed E-state index contributed by atoms with van der Waals surface area (Å²) >= 11 is 1.59. The van der Waals surface area contributed by atoms with E-state index in [2.05, 4.69) is 5.32 Å². The highest BCUT2D eigenvalue weighted by Gasteiger charge is 2.14. The molecule has 1 amide bonds. The molecule has 0 radical (unpaired) electrons. The number of thiophene rings is 1. The first-order valence-corrected chi connectivity index (χ1v) is 7.73. The third-order valence-corrected chi connectivity index (χ3v) is 3.83. The highest BCUT2D eigenvalue weighted by atomic mass is 32.1. The van der Waals surface area contributed by atoms with Gasteiger partial charge in [0, 0.05) is 18.2 Å². The molecule has 112 valence electrons. The largest absolute Gasteiger partial charge is 0.466 e. The summed E-state index contributed by atoms with van der Waals surface area (Å²) in [5.41, 5.74) is 1.80. The van der Waals surface area contributed by atoms with E-state index in [1.807, 2.05) is 36.7 Å². The lowest BCUT2D eigenvalue weighted by molar-refractivity contribution is -0.116. The van der Waals surface area contributed by atoms with Gasteiger partial charge in [-0.1, -0.05) is 0 Å². The number of hydrogen-bond acceptors (Lipinski definition) is 4. The van der Waals surface area contributed by atoms with Crippen LogP contribution in [0.2, 0.25) is 0 Å². The maximum absolute atomic E-state index is 11.6. The smallest absolute Gasteiger partial charge is 0.244 e. The molecule has 2 aromatic heterocycles. The van der Waals surface area contributed by atoms with Gasteiger partial charge in [0.2, 0.25) is 5.91 Å². The van der Waals surface area contributed by atoms with Crippen molar-refractivity contribution in [3.05, 3.63) is 51.6 Å². The van der Waals surface area contributed by atoms with Crippen LogP contribution in [-0.4, -0.2) is 17.6 Å². The van der Waals surface area contributed by atoms with E-state index in [0.717, 1.165) is 22.6 Å². The molecule has 0 spiro atoms. The third-order valence-electron chi connectivity index (χ3n) is 3.13. The van der Waals surface area contributed by atoms with Gasteiger partial charge in [0.15, 0.2) is 0 Å². The highest BCUT2D eigenvalue weighted by molar-refractivity contribution is 7.08. The lowest BCUT2D eigenvalue weighted by Gasteiger charge is -2.09. The van der Waals surface area contributed by atoms with Crippen molar-refractivity contribution in [2.24, 2.45) is 0 Å². The molecular weight excluding hydrogens is 286 g/mol. The van der Waals surface area contributed by atoms with Crippen LogP contribution in [0.3, 0.4) is 0 Å². The molecule has 0 aliphatic rings. The normalized spacial score (nSPS) is 12.7. The third kappa shape index (κ3) is 4.58. The Labute approximate surface area is 128 Å². The molecule has 2 heterocycles. The summed E-state index contributed by atoms with van der Waals surface area (Å²) in [6.45, 7) is 4.09. The molecule has 0 unspecified atom stereocenters. The standard InChI is InChI=1S/C16H19NO3S/c1-11-9-14(12(2)20-11)15(18)5-7-17-16(19)4-3-13-6-8-21-10-13/h3-4,6,8-10,15,18H,5,7H2,1-2H3,(H,17,19)/b4-3+/t15-/m0/s1. The molecule has 5 heteroatoms. The highest BCUT2D eigenvalue weighted by Crippen LogP contribution is 2.23. The Kier molecular flexibility index (Phi) is 5.36. The minimum Gasteiger partial charge on any atom is -0.466 e. The van der Waals surface area contributed by atoms with E-state index >= 15 is 0 Å². The molecule has 0 bridgehead atoms. The lowest BCUT2D eigenvalue weighted by atomic mass is 10.1. The maximum atomic E-state index is 11.6. The summed E-state index contributed by atoms with van der Waals surface area (Å²) < 4.78 is 5.39. The molecule has 0 saturated heterocycles. The quantitative estimate of drug-likeness (QED) is 0.806. The van der Waals surface area contributed by atoms with Gasteiger partial charge in [0.05, 0.1) is 6.10 Å². The Morgan fingerprint density at radius 1 is 1.52 bits per heavy atom. The van der Waals surface area contributed by atoms with Crippen LogP contribution >= 0.6 is 11.3 Å². The minimum absolute atomic E-state index is 0.159. The predicted molar refractivity (Wildman–Crippen MR) is 84.1 cm³/mol. The number of aliphatic hydroxyl groups excluding tert-OH is 1. The Balaban J connectivity index is 1.76. The summed E-state index contributed by atoms with van der Waals surface area (Å²) in [7, 11) is 0. The van der Waals surface area contributed by atoms with E-state index in [-0.39, 0.29) is 5.91 Å². The van der Waals surface area contributed by atoms with Crippen LogP contribution in [0, 0.1) is 13.8 Å². The Hall–Kier alpha value is -1.85. The fraction of sp³-hybridized carbons (Fsp3) is 0.312. The first-order chi connectivity index (χ1) is 10.1. The van der Waals surface area contributed by atoms with Gasteiger partial charge < -0.3 is 14.8 Å². The molecule has 21 heavy (non-hydrogen) atoms. The molecule has 2 rings (SSSR count). The second-order valence-corrected chi connectivity index (χ2v) is 5.63. The number of nitrogens with one attached hydrogen (secondary N) is 1. The molecule has 2 aromatic rings. The van der Waals surface area contributed by atoms with Crippen molar-refractivity contribution in [1.29, 1.82) is 0 Å². The number of rotatable bonds is 6. The van der Waals surface area contributed by atoms with Gasteiger partial charge in [-0.3, -0.25) is 4.79 Å². The molecule has 1 atom stereocenters. The average Bonchev–Trinajstić information content (AvgIpc) is 3.05. The van der Waals surface area contributed by atoms with Crippen molar-refractivity contribution < 1.29 is 14.3 Å². The van der Waals surface area contributed by atoms with Crippen LogP contribution in [-0.2, 0) is 4.79 Å². The molecule has 0 aromatic carbocycles. The second kappa shape index (κ2) is 7.24. The van der Waals surface area contributed by atoms with Gasteiger partial charge in [-0.05, 0) is 54.8 Å². The zero-order valence-electron chi connectivity index (χ0n) is 12.1. The monoisotopic (exact) mass is 305 g/mol. The van der Waals surface area contributed by atoms with Gasteiger partial charge >= 0.3 is 0 Å². The van der Waals surface area contributed by atoms with E-state index in [4.69, 9.17) is 4.42 Å². The van der Waals surface area contributed by atoms with Crippen molar-refractivity contribution in [1.82, 2.24) is 5.32 Å². The summed E-state index contributed by atoms with van der Waals surface area (Å²) in [5.74, 6) is 1.35. The second-order valence-electron chi connectivity index (χ2n) is 4.85. The van der Waals surface area contributed by atoms with Crippen molar-refractivity contribution in [2.45, 2.75) is 26.4 Å². The van der Waals surface area contributed by atoms with Crippen LogP contribution in [0.4, 0.5) is 0 Å². The van der Waals surface area contributed by atoms with Gasteiger partial charge in [0.25, 0.3) is 0 Å². The predicted octanol–water partition coefficient (Wildman–Crippen LogP) is 3.21. The van der Waals surface area contributed by atoms with Crippen LogP contribution in [0.5, 0.6) is 0 Å². The minimum atomic E-state index is -0.622. The molecule has 4 nitrogen and oxygen atoms in total. The van der Waals surface area contributed by atoms with Crippen molar-refractivity contribution >= 4 is 23.3 Å². The van der Waals surface area contributed by atoms with Crippen LogP contribution in [0.25, 0.3) is 6.08 Å². The van der Waals surface area contributed by atoms with Crippen molar-refractivity contribution in [3.63, 3.8) is 0 Å². The molecule has 0 saturated carbocycles. The number of carbonyl (C=O) groups excluding carboxylic acids is 1. The van der Waals surface area contributed by atoms with Crippen LogP contribution < -0.4 is 5.32 Å². The van der Waals surface area contributed by atoms with Crippen LogP contribution in [0.15, 0.2) is 33.4 Å². The molecule has 2 N–H and O–H groups in total. The SMILES string of the molecule is Cc1cc([C@@H](O)CCNC(=O)/C=C/c2ccsc2)c(C)o1. The van der Waals surface area contributed by atoms with Crippen molar-refractivity contribution in [2.75, 3.05) is 6.54 Å². The molecular formula is C16H19NO3S. The van der Waals surface area contributed by atoms with Gasteiger partial charge in [-0.15, -0.1) is 0 Å². The Bertz CT molecular complexity index is 614. The summed E-state index contributed by atoms with van der Waals surface area (Å²) in [6.07, 6.45) is 3.11. The van der Waals surface area contributed by atoms with Crippen LogP contribution in [0.1, 0.15) is 35.2 Å². The van der Waals surface area contributed by atoms with E-state index in [9.17, 15) is 9.90 Å². The van der Waals surface area contributed by atoms with E-state index in [1.165, 1.54) is 6.08 Å². The summed E-state index contributed by atoms with van der Waals surface area (Å²) in [6, 6.07) is 3.78. The van der Waals surface area contributed by atoms with E-state index < -0.39 is 6.10 Å². The fourth-order valence-electron chi connectivity index (χ4n) is 2.07. The number of aliphatic hydroxyl groups is 1. The number of amides is 1. The van der Waals surface area contributed by atoms with Gasteiger partial charge in [0.1, 0.15) is 11.5 Å². The topological polar surface area (TPSA) is 62.5 Å². The molecule has 0 fully saturated rings. The maximum Gasteiger partial charge on any atom is 0.244 e. The lowest BCUT2D eigenvalue weighted by Crippen LogP contribution is -2.23.